The van der Waals surface area contributed by atoms with E-state index < -0.39 is 0 Å². The van der Waals surface area contributed by atoms with Crippen LogP contribution in [0.5, 0.6) is 11.5 Å². The zero-order valence-electron chi connectivity index (χ0n) is 14.3. The Morgan fingerprint density at radius 2 is 2.12 bits per heavy atom. The van der Waals surface area contributed by atoms with Crippen molar-refractivity contribution >= 4 is 0 Å². The predicted octanol–water partition coefficient (Wildman–Crippen LogP) is 1.46. The molecule has 0 saturated carbocycles. The molecule has 1 aliphatic heterocycles. The van der Waals surface area contributed by atoms with E-state index in [2.05, 4.69) is 28.6 Å². The fourth-order valence-corrected chi connectivity index (χ4v) is 3.14. The van der Waals surface area contributed by atoms with Crippen LogP contribution < -0.4 is 14.8 Å². The zero-order chi connectivity index (χ0) is 16.9. The number of hydrogen-bond acceptors (Lipinski definition) is 6. The summed E-state index contributed by atoms with van der Waals surface area (Å²) in [4.78, 5) is 0. The SMILES string of the molecule is COc1ccc(C[C@@H](C)N[C@H]2COC[C@H]2n2ccnn2)cc1OC. The van der Waals surface area contributed by atoms with E-state index in [1.165, 1.54) is 5.56 Å². The monoisotopic (exact) mass is 332 g/mol. The lowest BCUT2D eigenvalue weighted by Gasteiger charge is -2.23. The molecule has 3 rings (SSSR count). The maximum Gasteiger partial charge on any atom is 0.160 e. The first-order valence-electron chi connectivity index (χ1n) is 8.11. The zero-order valence-corrected chi connectivity index (χ0v) is 14.3. The van der Waals surface area contributed by atoms with Gasteiger partial charge in [0.1, 0.15) is 0 Å². The minimum absolute atomic E-state index is 0.181. The highest BCUT2D eigenvalue weighted by Gasteiger charge is 2.31. The van der Waals surface area contributed by atoms with Crippen molar-refractivity contribution in [2.45, 2.75) is 31.5 Å². The van der Waals surface area contributed by atoms with Crippen LogP contribution in [0.1, 0.15) is 18.5 Å². The number of methoxy groups -OCH3 is 2. The molecular weight excluding hydrogens is 308 g/mol. The molecule has 0 radical (unpaired) electrons. The summed E-state index contributed by atoms with van der Waals surface area (Å²) < 4.78 is 18.2. The van der Waals surface area contributed by atoms with Gasteiger partial charge in [-0.15, -0.1) is 5.10 Å². The van der Waals surface area contributed by atoms with Gasteiger partial charge in [0, 0.05) is 12.2 Å². The number of aromatic nitrogens is 3. The third kappa shape index (κ3) is 3.68. The summed E-state index contributed by atoms with van der Waals surface area (Å²) in [5, 5.41) is 11.6. The first-order chi connectivity index (χ1) is 11.7. The van der Waals surface area contributed by atoms with Crippen LogP contribution in [-0.2, 0) is 11.2 Å². The van der Waals surface area contributed by atoms with E-state index >= 15 is 0 Å². The van der Waals surface area contributed by atoms with Crippen LogP contribution in [-0.4, -0.2) is 54.5 Å². The average molecular weight is 332 g/mol. The van der Waals surface area contributed by atoms with E-state index in [1.54, 1.807) is 20.4 Å². The Labute approximate surface area is 141 Å². The fourth-order valence-electron chi connectivity index (χ4n) is 3.14. The maximum absolute atomic E-state index is 5.62. The van der Waals surface area contributed by atoms with Crippen LogP contribution in [0.3, 0.4) is 0 Å². The molecule has 130 valence electrons. The smallest absolute Gasteiger partial charge is 0.160 e. The Bertz CT molecular complexity index is 647. The lowest BCUT2D eigenvalue weighted by molar-refractivity contribution is 0.180. The second-order valence-corrected chi connectivity index (χ2v) is 6.06. The number of benzene rings is 1. The second-order valence-electron chi connectivity index (χ2n) is 6.06. The summed E-state index contributed by atoms with van der Waals surface area (Å²) in [5.41, 5.74) is 1.20. The number of nitrogens with zero attached hydrogens (tertiary/aromatic N) is 3. The average Bonchev–Trinajstić information content (AvgIpc) is 3.25. The molecule has 3 atom stereocenters. The third-order valence-corrected chi connectivity index (χ3v) is 4.32. The van der Waals surface area contributed by atoms with E-state index in [0.29, 0.717) is 19.3 Å². The molecule has 1 saturated heterocycles. The topological polar surface area (TPSA) is 70.4 Å². The predicted molar refractivity (Wildman–Crippen MR) is 89.5 cm³/mol. The first kappa shape index (κ1) is 16.7. The lowest BCUT2D eigenvalue weighted by atomic mass is 10.0. The minimum Gasteiger partial charge on any atom is -0.493 e. The van der Waals surface area contributed by atoms with Crippen LogP contribution in [0.25, 0.3) is 0 Å². The van der Waals surface area contributed by atoms with E-state index in [1.807, 2.05) is 23.0 Å². The van der Waals surface area contributed by atoms with E-state index in [-0.39, 0.29) is 12.1 Å². The molecule has 24 heavy (non-hydrogen) atoms. The Balaban J connectivity index is 1.62. The molecule has 0 bridgehead atoms. The quantitative estimate of drug-likeness (QED) is 0.828. The standard InChI is InChI=1S/C17H24N4O3/c1-12(8-13-4-5-16(22-2)17(9-13)23-3)19-14-10-24-11-15(14)21-7-6-18-20-21/h4-7,9,12,14-15,19H,8,10-11H2,1-3H3/t12-,14+,15-/m1/s1. The fraction of sp³-hybridized carbons (Fsp3) is 0.529. The summed E-state index contributed by atoms with van der Waals surface area (Å²) >= 11 is 0. The van der Waals surface area contributed by atoms with Gasteiger partial charge >= 0.3 is 0 Å². The van der Waals surface area contributed by atoms with Crippen molar-refractivity contribution < 1.29 is 14.2 Å². The van der Waals surface area contributed by atoms with E-state index in [0.717, 1.165) is 17.9 Å². The Kier molecular flexibility index (Phi) is 5.32. The third-order valence-electron chi connectivity index (χ3n) is 4.32. The highest BCUT2D eigenvalue weighted by Crippen LogP contribution is 2.28. The maximum atomic E-state index is 5.62. The van der Waals surface area contributed by atoms with Crippen molar-refractivity contribution in [2.24, 2.45) is 0 Å². The highest BCUT2D eigenvalue weighted by atomic mass is 16.5. The molecule has 0 unspecified atom stereocenters. The summed E-state index contributed by atoms with van der Waals surface area (Å²) in [6, 6.07) is 6.73. The van der Waals surface area contributed by atoms with Crippen molar-refractivity contribution in [2.75, 3.05) is 27.4 Å². The van der Waals surface area contributed by atoms with Gasteiger partial charge < -0.3 is 19.5 Å². The Hall–Kier alpha value is -2.12. The van der Waals surface area contributed by atoms with Crippen molar-refractivity contribution in [3.05, 3.63) is 36.2 Å². The van der Waals surface area contributed by atoms with Gasteiger partial charge in [0.05, 0.1) is 45.7 Å². The van der Waals surface area contributed by atoms with Gasteiger partial charge in [-0.1, -0.05) is 11.3 Å². The van der Waals surface area contributed by atoms with Gasteiger partial charge in [-0.2, -0.15) is 0 Å². The number of hydrogen-bond donors (Lipinski definition) is 1. The summed E-state index contributed by atoms with van der Waals surface area (Å²) in [7, 11) is 3.30. The lowest BCUT2D eigenvalue weighted by Crippen LogP contribution is -2.43. The van der Waals surface area contributed by atoms with Gasteiger partial charge in [0.2, 0.25) is 0 Å². The van der Waals surface area contributed by atoms with Crippen LogP contribution >= 0.6 is 0 Å². The van der Waals surface area contributed by atoms with Crippen molar-refractivity contribution in [3.8, 4) is 11.5 Å². The molecule has 7 nitrogen and oxygen atoms in total. The summed E-state index contributed by atoms with van der Waals surface area (Å²) in [6.45, 7) is 3.51. The van der Waals surface area contributed by atoms with E-state index in [9.17, 15) is 0 Å². The van der Waals surface area contributed by atoms with Crippen LogP contribution in [0, 0.1) is 0 Å². The summed E-state index contributed by atoms with van der Waals surface area (Å²) in [5.74, 6) is 1.50. The van der Waals surface area contributed by atoms with Crippen molar-refractivity contribution in [1.82, 2.24) is 20.3 Å². The molecule has 2 heterocycles. The van der Waals surface area contributed by atoms with Gasteiger partial charge in [-0.25, -0.2) is 4.68 Å². The van der Waals surface area contributed by atoms with Crippen LogP contribution in [0.15, 0.2) is 30.6 Å². The van der Waals surface area contributed by atoms with E-state index in [4.69, 9.17) is 14.2 Å². The molecule has 1 fully saturated rings. The number of ether oxygens (including phenoxy) is 3. The number of nitrogens with one attached hydrogen (secondary N) is 1. The molecule has 1 aromatic heterocycles. The molecule has 2 aromatic rings. The molecule has 7 heteroatoms. The van der Waals surface area contributed by atoms with Crippen molar-refractivity contribution in [1.29, 1.82) is 0 Å². The molecule has 1 N–H and O–H groups in total. The summed E-state index contributed by atoms with van der Waals surface area (Å²) in [6.07, 6.45) is 4.47. The van der Waals surface area contributed by atoms with Gasteiger partial charge in [-0.05, 0) is 31.0 Å². The molecule has 0 aliphatic carbocycles. The number of rotatable bonds is 7. The van der Waals surface area contributed by atoms with Gasteiger partial charge in [-0.3, -0.25) is 0 Å². The largest absolute Gasteiger partial charge is 0.493 e. The minimum atomic E-state index is 0.181. The van der Waals surface area contributed by atoms with Crippen LogP contribution in [0.2, 0.25) is 0 Å². The normalized spacial score (nSPS) is 21.6. The first-order valence-corrected chi connectivity index (χ1v) is 8.11. The second kappa shape index (κ2) is 7.63. The Morgan fingerprint density at radius 3 is 2.83 bits per heavy atom. The highest BCUT2D eigenvalue weighted by molar-refractivity contribution is 5.43. The van der Waals surface area contributed by atoms with Crippen LogP contribution in [0.4, 0.5) is 0 Å². The van der Waals surface area contributed by atoms with Crippen molar-refractivity contribution in [3.63, 3.8) is 0 Å². The molecule has 1 aliphatic rings. The molecule has 1 aromatic carbocycles. The van der Waals surface area contributed by atoms with Gasteiger partial charge in [0.15, 0.2) is 11.5 Å². The molecular formula is C17H24N4O3. The molecule has 0 spiro atoms. The molecule has 0 amide bonds. The van der Waals surface area contributed by atoms with Gasteiger partial charge in [0.25, 0.3) is 0 Å². The Morgan fingerprint density at radius 1 is 1.29 bits per heavy atom.